The summed E-state index contributed by atoms with van der Waals surface area (Å²) in [4.78, 5) is 23.2. The van der Waals surface area contributed by atoms with Crippen molar-refractivity contribution in [1.82, 2.24) is 10.2 Å². The number of nitrogens with zero attached hydrogens (tertiary/aromatic N) is 2. The Kier molecular flexibility index (Phi) is 5.59. The molecule has 0 spiro atoms. The first-order chi connectivity index (χ1) is 11.0. The maximum absolute atomic E-state index is 11.9. The fourth-order valence-electron chi connectivity index (χ4n) is 1.69. The van der Waals surface area contributed by atoms with Crippen LogP contribution in [0.1, 0.15) is 40.7 Å². The van der Waals surface area contributed by atoms with E-state index in [1.807, 2.05) is 13.8 Å². The molecule has 0 aliphatic heterocycles. The molecule has 0 fully saturated rings. The van der Waals surface area contributed by atoms with E-state index in [2.05, 4.69) is 20.3 Å². The molecule has 0 aliphatic carbocycles. The molecular weight excluding hydrogens is 314 g/mol. The summed E-state index contributed by atoms with van der Waals surface area (Å²) in [6.07, 6.45) is 3.06. The quantitative estimate of drug-likeness (QED) is 0.672. The average Bonchev–Trinajstić information content (AvgIpc) is 3.01. The molecule has 1 aromatic carbocycles. The third-order valence-corrected chi connectivity index (χ3v) is 4.06. The number of carbonyl (C=O) groups excluding carboxylic acids is 2. The van der Waals surface area contributed by atoms with Gasteiger partial charge in [-0.15, -0.1) is 10.2 Å². The molecule has 0 unspecified atom stereocenters. The first-order valence-corrected chi connectivity index (χ1v) is 7.82. The number of rotatable bonds is 5. The molecule has 2 aromatic rings. The van der Waals surface area contributed by atoms with Crippen LogP contribution in [0.3, 0.4) is 0 Å². The van der Waals surface area contributed by atoms with Crippen LogP contribution < -0.4 is 5.32 Å². The van der Waals surface area contributed by atoms with Crippen molar-refractivity contribution in [2.45, 2.75) is 19.8 Å². The lowest BCUT2D eigenvalue weighted by Crippen LogP contribution is -2.07. The molecule has 0 radical (unpaired) electrons. The minimum atomic E-state index is -0.393. The van der Waals surface area contributed by atoms with E-state index in [0.717, 1.165) is 10.6 Å². The van der Waals surface area contributed by atoms with Crippen LogP contribution in [0.5, 0.6) is 0 Å². The molecule has 1 N–H and O–H groups in total. The highest BCUT2D eigenvalue weighted by Gasteiger charge is 2.09. The number of hydrogen-bond acceptors (Lipinski definition) is 6. The molecule has 0 saturated carbocycles. The van der Waals surface area contributed by atoms with Crippen LogP contribution in [-0.2, 0) is 9.53 Å². The summed E-state index contributed by atoms with van der Waals surface area (Å²) in [5, 5.41) is 12.0. The van der Waals surface area contributed by atoms with Gasteiger partial charge in [-0.2, -0.15) is 0 Å². The van der Waals surface area contributed by atoms with Crippen molar-refractivity contribution in [2.75, 3.05) is 12.4 Å². The Hall–Kier alpha value is -2.54. The third-order valence-electron chi connectivity index (χ3n) is 2.92. The van der Waals surface area contributed by atoms with Crippen LogP contribution in [0.15, 0.2) is 30.3 Å². The van der Waals surface area contributed by atoms with Gasteiger partial charge in [0, 0.05) is 12.0 Å². The number of anilines is 1. The van der Waals surface area contributed by atoms with Crippen molar-refractivity contribution in [2.24, 2.45) is 0 Å². The van der Waals surface area contributed by atoms with E-state index < -0.39 is 5.97 Å². The highest BCUT2D eigenvalue weighted by Crippen LogP contribution is 2.22. The summed E-state index contributed by atoms with van der Waals surface area (Å²) in [7, 11) is 1.33. The summed E-state index contributed by atoms with van der Waals surface area (Å²) in [6.45, 7) is 4.04. The Morgan fingerprint density at radius 3 is 2.48 bits per heavy atom. The Morgan fingerprint density at radius 1 is 1.22 bits per heavy atom. The van der Waals surface area contributed by atoms with Crippen LogP contribution in [-0.4, -0.2) is 29.2 Å². The molecule has 120 valence electrons. The molecule has 1 heterocycles. The fourth-order valence-corrected chi connectivity index (χ4v) is 2.43. The van der Waals surface area contributed by atoms with Crippen molar-refractivity contribution < 1.29 is 14.3 Å². The number of methoxy groups -OCH3 is 1. The Balaban J connectivity index is 1.96. The summed E-state index contributed by atoms with van der Waals surface area (Å²) >= 11 is 1.36. The minimum Gasteiger partial charge on any atom is -0.465 e. The topological polar surface area (TPSA) is 81.2 Å². The number of nitrogens with one attached hydrogen (secondary N) is 1. The number of aromatic nitrogens is 2. The number of carbonyl (C=O) groups is 2. The molecule has 6 nitrogen and oxygen atoms in total. The Bertz CT molecular complexity index is 720. The summed E-state index contributed by atoms with van der Waals surface area (Å²) in [6, 6.07) is 6.75. The van der Waals surface area contributed by atoms with Gasteiger partial charge in [0.25, 0.3) is 0 Å². The minimum absolute atomic E-state index is 0.280. The van der Waals surface area contributed by atoms with Crippen molar-refractivity contribution in [3.8, 4) is 0 Å². The van der Waals surface area contributed by atoms with Crippen LogP contribution >= 0.6 is 11.3 Å². The zero-order valence-corrected chi connectivity index (χ0v) is 13.9. The van der Waals surface area contributed by atoms with Crippen LogP contribution in [0, 0.1) is 0 Å². The van der Waals surface area contributed by atoms with E-state index >= 15 is 0 Å². The van der Waals surface area contributed by atoms with E-state index in [4.69, 9.17) is 0 Å². The van der Waals surface area contributed by atoms with E-state index in [1.165, 1.54) is 24.5 Å². The second kappa shape index (κ2) is 7.64. The molecule has 0 bridgehead atoms. The molecule has 1 amide bonds. The summed E-state index contributed by atoms with van der Waals surface area (Å²) in [5.74, 6) is -0.397. The third kappa shape index (κ3) is 4.72. The number of benzene rings is 1. The predicted octanol–water partition coefficient (Wildman–Crippen LogP) is 3.10. The summed E-state index contributed by atoms with van der Waals surface area (Å²) < 4.78 is 4.63. The molecule has 2 rings (SSSR count). The lowest BCUT2D eigenvalue weighted by Gasteiger charge is -1.99. The molecular formula is C16H17N3O3S. The van der Waals surface area contributed by atoms with Crippen molar-refractivity contribution in [3.05, 3.63) is 46.5 Å². The molecule has 7 heteroatoms. The fraction of sp³-hybridized carbons (Fsp3) is 0.250. The van der Waals surface area contributed by atoms with E-state index in [1.54, 1.807) is 30.3 Å². The molecule has 0 atom stereocenters. The van der Waals surface area contributed by atoms with Crippen molar-refractivity contribution >= 4 is 34.4 Å². The number of amides is 1. The molecule has 1 aromatic heterocycles. The van der Waals surface area contributed by atoms with Gasteiger partial charge in [-0.3, -0.25) is 10.1 Å². The maximum atomic E-state index is 11.9. The van der Waals surface area contributed by atoms with Gasteiger partial charge in [0.1, 0.15) is 5.01 Å². The highest BCUT2D eigenvalue weighted by atomic mass is 32.1. The number of ether oxygens (including phenoxy) is 1. The van der Waals surface area contributed by atoms with Gasteiger partial charge in [-0.05, 0) is 23.8 Å². The molecule has 23 heavy (non-hydrogen) atoms. The zero-order chi connectivity index (χ0) is 16.8. The second-order valence-corrected chi connectivity index (χ2v) is 6.05. The lowest BCUT2D eigenvalue weighted by atomic mass is 10.1. The van der Waals surface area contributed by atoms with E-state index in [9.17, 15) is 9.59 Å². The first-order valence-electron chi connectivity index (χ1n) is 7.00. The maximum Gasteiger partial charge on any atom is 0.337 e. The van der Waals surface area contributed by atoms with Crippen LogP contribution in [0.25, 0.3) is 6.08 Å². The van der Waals surface area contributed by atoms with E-state index in [0.29, 0.717) is 10.7 Å². The Morgan fingerprint density at radius 2 is 1.91 bits per heavy atom. The van der Waals surface area contributed by atoms with Gasteiger partial charge < -0.3 is 4.74 Å². The van der Waals surface area contributed by atoms with Gasteiger partial charge in [0.05, 0.1) is 12.7 Å². The van der Waals surface area contributed by atoms with E-state index in [-0.39, 0.29) is 11.8 Å². The lowest BCUT2D eigenvalue weighted by molar-refractivity contribution is -0.111. The van der Waals surface area contributed by atoms with Crippen molar-refractivity contribution in [1.29, 1.82) is 0 Å². The highest BCUT2D eigenvalue weighted by molar-refractivity contribution is 7.15. The SMILES string of the molecule is COC(=O)c1ccc(/C=C/C(=O)Nc2nnc(C(C)C)s2)cc1. The largest absolute Gasteiger partial charge is 0.465 e. The van der Waals surface area contributed by atoms with Crippen LogP contribution in [0.2, 0.25) is 0 Å². The standard InChI is InChI=1S/C16H17N3O3S/c1-10(2)14-18-19-16(23-14)17-13(20)9-6-11-4-7-12(8-5-11)15(21)22-3/h4-10H,1-3H3,(H,17,19,20)/b9-6+. The second-order valence-electron chi connectivity index (χ2n) is 5.04. The zero-order valence-electron chi connectivity index (χ0n) is 13.1. The van der Waals surface area contributed by atoms with Crippen molar-refractivity contribution in [3.63, 3.8) is 0 Å². The normalized spacial score (nSPS) is 11.0. The average molecular weight is 331 g/mol. The Labute approximate surface area is 138 Å². The van der Waals surface area contributed by atoms with Gasteiger partial charge in [-0.25, -0.2) is 4.79 Å². The molecule has 0 aliphatic rings. The number of hydrogen-bond donors (Lipinski definition) is 1. The first kappa shape index (κ1) is 16.8. The van der Waals surface area contributed by atoms with Gasteiger partial charge in [-0.1, -0.05) is 37.3 Å². The monoisotopic (exact) mass is 331 g/mol. The van der Waals surface area contributed by atoms with Gasteiger partial charge in [0.2, 0.25) is 11.0 Å². The molecule has 0 saturated heterocycles. The van der Waals surface area contributed by atoms with Gasteiger partial charge in [0.15, 0.2) is 0 Å². The summed E-state index contributed by atoms with van der Waals surface area (Å²) in [5.41, 5.74) is 1.26. The predicted molar refractivity (Wildman–Crippen MR) is 89.4 cm³/mol. The smallest absolute Gasteiger partial charge is 0.337 e. The number of esters is 1. The van der Waals surface area contributed by atoms with Gasteiger partial charge >= 0.3 is 5.97 Å². The van der Waals surface area contributed by atoms with Crippen LogP contribution in [0.4, 0.5) is 5.13 Å².